The standard InChI is InChI=1S/C28H40O4/c1-5-6-17-26-18-9-7-8-16-25(29)21-27(30)24(4)15-11-14-22(2)12-10-13-23(3)19-20-28(31)32-26/h6-13,15-17,19-20,22,24-27,29-30H,5,14,18,21H2,1-4H3/b9-7+,12-10+,15-11+,16-8-,17-6+,20-19+,23-13+/t22-,24-,25-,26-,27+/m1/s1. The summed E-state index contributed by atoms with van der Waals surface area (Å²) in [4.78, 5) is 12.2. The topological polar surface area (TPSA) is 66.8 Å². The molecule has 1 rings (SSSR count). The molecule has 1 heterocycles. The van der Waals surface area contributed by atoms with Crippen molar-refractivity contribution in [1.82, 2.24) is 0 Å². The second kappa shape index (κ2) is 16.2. The van der Waals surface area contributed by atoms with Gasteiger partial charge in [0.15, 0.2) is 0 Å². The lowest BCUT2D eigenvalue weighted by Crippen LogP contribution is -2.21. The molecule has 0 aromatic rings. The molecular weight excluding hydrogens is 400 g/mol. The zero-order chi connectivity index (χ0) is 23.8. The van der Waals surface area contributed by atoms with Gasteiger partial charge < -0.3 is 14.9 Å². The highest BCUT2D eigenvalue weighted by Gasteiger charge is 2.14. The van der Waals surface area contributed by atoms with Gasteiger partial charge in [0.2, 0.25) is 0 Å². The zero-order valence-corrected chi connectivity index (χ0v) is 19.9. The van der Waals surface area contributed by atoms with Gasteiger partial charge in [-0.1, -0.05) is 93.2 Å². The van der Waals surface area contributed by atoms with Crippen molar-refractivity contribution in [3.05, 3.63) is 84.6 Å². The first kappa shape index (κ1) is 27.6. The smallest absolute Gasteiger partial charge is 0.331 e. The van der Waals surface area contributed by atoms with E-state index in [2.05, 4.69) is 19.1 Å². The number of ether oxygens (including phenoxy) is 1. The van der Waals surface area contributed by atoms with Gasteiger partial charge in [0.05, 0.1) is 12.2 Å². The van der Waals surface area contributed by atoms with Gasteiger partial charge >= 0.3 is 5.97 Å². The van der Waals surface area contributed by atoms with Crippen molar-refractivity contribution in [3.8, 4) is 0 Å². The molecule has 0 aromatic carbocycles. The molecule has 0 aromatic heterocycles. The molecule has 0 amide bonds. The lowest BCUT2D eigenvalue weighted by Gasteiger charge is -2.17. The maximum absolute atomic E-state index is 12.2. The van der Waals surface area contributed by atoms with E-state index in [0.717, 1.165) is 18.4 Å². The van der Waals surface area contributed by atoms with E-state index in [9.17, 15) is 15.0 Å². The van der Waals surface area contributed by atoms with Crippen LogP contribution < -0.4 is 0 Å². The fourth-order valence-electron chi connectivity index (χ4n) is 3.03. The maximum Gasteiger partial charge on any atom is 0.331 e. The Morgan fingerprint density at radius 1 is 1.03 bits per heavy atom. The van der Waals surface area contributed by atoms with Crippen LogP contribution in [0.2, 0.25) is 0 Å². The number of hydrogen-bond acceptors (Lipinski definition) is 4. The fraction of sp³-hybridized carbons (Fsp3) is 0.464. The van der Waals surface area contributed by atoms with Crippen LogP contribution in [0.5, 0.6) is 0 Å². The third-order valence-corrected chi connectivity index (χ3v) is 5.12. The van der Waals surface area contributed by atoms with Crippen molar-refractivity contribution in [1.29, 1.82) is 0 Å². The van der Waals surface area contributed by atoms with Crippen LogP contribution in [0.4, 0.5) is 0 Å². The second-order valence-electron chi connectivity index (χ2n) is 8.36. The lowest BCUT2D eigenvalue weighted by atomic mass is 9.97. The van der Waals surface area contributed by atoms with Gasteiger partial charge in [-0.05, 0) is 31.8 Å². The molecule has 4 nitrogen and oxygen atoms in total. The zero-order valence-electron chi connectivity index (χ0n) is 19.9. The van der Waals surface area contributed by atoms with E-state index in [0.29, 0.717) is 12.3 Å². The summed E-state index contributed by atoms with van der Waals surface area (Å²) in [7, 11) is 0. The summed E-state index contributed by atoms with van der Waals surface area (Å²) in [6.45, 7) is 8.06. The number of aliphatic hydroxyl groups excluding tert-OH is 2. The fourth-order valence-corrected chi connectivity index (χ4v) is 3.03. The molecule has 0 fully saturated rings. The van der Waals surface area contributed by atoms with Crippen molar-refractivity contribution in [3.63, 3.8) is 0 Å². The third-order valence-electron chi connectivity index (χ3n) is 5.12. The number of carbonyl (C=O) groups excluding carboxylic acids is 1. The molecule has 32 heavy (non-hydrogen) atoms. The average molecular weight is 441 g/mol. The van der Waals surface area contributed by atoms with Crippen LogP contribution in [0.15, 0.2) is 84.6 Å². The molecule has 0 saturated carbocycles. The first-order chi connectivity index (χ1) is 15.3. The number of cyclic esters (lactones) is 1. The van der Waals surface area contributed by atoms with Gasteiger partial charge in [-0.3, -0.25) is 0 Å². The van der Waals surface area contributed by atoms with E-state index in [1.54, 1.807) is 18.2 Å². The Bertz CT molecular complexity index is 751. The Balaban J connectivity index is 2.99. The Kier molecular flexibility index (Phi) is 14.0. The summed E-state index contributed by atoms with van der Waals surface area (Å²) >= 11 is 0. The number of esters is 1. The van der Waals surface area contributed by atoms with Crippen molar-refractivity contribution in [2.75, 3.05) is 0 Å². The van der Waals surface area contributed by atoms with E-state index in [4.69, 9.17) is 4.74 Å². The van der Waals surface area contributed by atoms with Crippen molar-refractivity contribution < 1.29 is 19.7 Å². The molecule has 1 aliphatic heterocycles. The molecule has 4 heteroatoms. The molecular formula is C28H40O4. The molecule has 0 radical (unpaired) electrons. The Labute approximate surface area is 194 Å². The second-order valence-corrected chi connectivity index (χ2v) is 8.36. The molecule has 0 spiro atoms. The van der Waals surface area contributed by atoms with Crippen LogP contribution in [-0.4, -0.2) is 34.5 Å². The van der Waals surface area contributed by atoms with E-state index in [1.165, 1.54) is 6.08 Å². The predicted molar refractivity (Wildman–Crippen MR) is 133 cm³/mol. The summed E-state index contributed by atoms with van der Waals surface area (Å²) in [6, 6.07) is 0. The number of rotatable bonds is 2. The Hall–Kier alpha value is -2.43. The van der Waals surface area contributed by atoms with Gasteiger partial charge in [-0.2, -0.15) is 0 Å². The highest BCUT2D eigenvalue weighted by atomic mass is 16.5. The van der Waals surface area contributed by atoms with Gasteiger partial charge in [0.1, 0.15) is 6.10 Å². The summed E-state index contributed by atoms with van der Waals surface area (Å²) in [5, 5.41) is 20.5. The predicted octanol–water partition coefficient (Wildman–Crippen LogP) is 5.77. The number of carbonyl (C=O) groups is 1. The number of hydrogen-bond donors (Lipinski definition) is 2. The SMILES string of the molecule is CC/C=C/[C@@H]1C/C=C/C=C\[C@@H](O)C[C@H](O)[C@H](C)/C=C/C[C@H](C)/C=C/C=C(C)/C=C/C(=O)O1. The van der Waals surface area contributed by atoms with E-state index in [1.807, 2.05) is 63.3 Å². The van der Waals surface area contributed by atoms with Crippen molar-refractivity contribution in [2.24, 2.45) is 11.8 Å². The Morgan fingerprint density at radius 3 is 2.56 bits per heavy atom. The monoisotopic (exact) mass is 440 g/mol. The molecule has 0 aliphatic carbocycles. The Morgan fingerprint density at radius 2 is 1.81 bits per heavy atom. The van der Waals surface area contributed by atoms with E-state index >= 15 is 0 Å². The summed E-state index contributed by atoms with van der Waals surface area (Å²) < 4.78 is 5.55. The largest absolute Gasteiger partial charge is 0.455 e. The van der Waals surface area contributed by atoms with Crippen LogP contribution in [0.1, 0.15) is 53.4 Å². The minimum absolute atomic E-state index is 0.0318. The third kappa shape index (κ3) is 13.1. The molecule has 0 bridgehead atoms. The van der Waals surface area contributed by atoms with E-state index < -0.39 is 12.2 Å². The van der Waals surface area contributed by atoms with Gasteiger partial charge in [-0.25, -0.2) is 4.79 Å². The van der Waals surface area contributed by atoms with Gasteiger partial charge in [0, 0.05) is 24.8 Å². The average Bonchev–Trinajstić information content (AvgIpc) is 2.74. The highest BCUT2D eigenvalue weighted by molar-refractivity contribution is 5.82. The minimum Gasteiger partial charge on any atom is -0.455 e. The maximum atomic E-state index is 12.2. The molecule has 176 valence electrons. The normalized spacial score (nSPS) is 36.0. The molecule has 2 N–H and O–H groups in total. The number of allylic oxidation sites excluding steroid dienone is 9. The summed E-state index contributed by atoms with van der Waals surface area (Å²) in [5.74, 6) is -0.0656. The quantitative estimate of drug-likeness (QED) is 0.423. The van der Waals surface area contributed by atoms with Crippen LogP contribution in [0, 0.1) is 11.8 Å². The number of aliphatic hydroxyl groups is 2. The first-order valence-electron chi connectivity index (χ1n) is 11.6. The van der Waals surface area contributed by atoms with Crippen LogP contribution in [0.25, 0.3) is 0 Å². The van der Waals surface area contributed by atoms with Gasteiger partial charge in [-0.15, -0.1) is 0 Å². The van der Waals surface area contributed by atoms with Crippen LogP contribution in [0.3, 0.4) is 0 Å². The van der Waals surface area contributed by atoms with Crippen molar-refractivity contribution >= 4 is 5.97 Å². The lowest BCUT2D eigenvalue weighted by molar-refractivity contribution is -0.140. The summed E-state index contributed by atoms with van der Waals surface area (Å²) in [6.07, 6.45) is 25.2. The molecule has 0 unspecified atom stereocenters. The van der Waals surface area contributed by atoms with Gasteiger partial charge in [0.25, 0.3) is 0 Å². The summed E-state index contributed by atoms with van der Waals surface area (Å²) in [5.41, 5.74) is 0.962. The van der Waals surface area contributed by atoms with Crippen molar-refractivity contribution in [2.45, 2.75) is 71.7 Å². The van der Waals surface area contributed by atoms with Crippen LogP contribution in [-0.2, 0) is 9.53 Å². The molecule has 5 atom stereocenters. The van der Waals surface area contributed by atoms with Crippen LogP contribution >= 0.6 is 0 Å². The molecule has 1 aliphatic rings. The highest BCUT2D eigenvalue weighted by Crippen LogP contribution is 2.14. The minimum atomic E-state index is -0.723. The molecule has 0 saturated heterocycles. The van der Waals surface area contributed by atoms with E-state index in [-0.39, 0.29) is 24.4 Å². The first-order valence-corrected chi connectivity index (χ1v) is 11.6.